The van der Waals surface area contributed by atoms with Gasteiger partial charge in [0.2, 0.25) is 0 Å². The van der Waals surface area contributed by atoms with Crippen LogP contribution in [0.1, 0.15) is 18.1 Å². The highest BCUT2D eigenvalue weighted by molar-refractivity contribution is 9.10. The molecule has 1 unspecified atom stereocenters. The maximum Gasteiger partial charge on any atom is 0.265 e. The molecule has 110 valence electrons. The van der Waals surface area contributed by atoms with Crippen LogP contribution in [0.2, 0.25) is 0 Å². The normalized spacial score (nSPS) is 11.8. The van der Waals surface area contributed by atoms with Crippen molar-refractivity contribution in [2.24, 2.45) is 0 Å². The molecule has 2 rings (SSSR count). The quantitative estimate of drug-likeness (QED) is 0.885. The van der Waals surface area contributed by atoms with Crippen LogP contribution in [0.4, 0.5) is 5.69 Å². The Morgan fingerprint density at radius 2 is 1.81 bits per heavy atom. The standard InChI is InChI=1S/C17H18BrNO2/c1-11-4-7-15(8-5-11)21-13(3)17(20)19-16-9-6-14(18)10-12(16)2/h4-10,13H,1-3H3,(H,19,20). The van der Waals surface area contributed by atoms with Gasteiger partial charge in [0, 0.05) is 10.2 Å². The predicted octanol–water partition coefficient (Wildman–Crippen LogP) is 4.47. The number of amides is 1. The fraction of sp³-hybridized carbons (Fsp3) is 0.235. The molecule has 1 N–H and O–H groups in total. The third kappa shape index (κ3) is 4.33. The van der Waals surface area contributed by atoms with Crippen LogP contribution in [0.5, 0.6) is 5.75 Å². The van der Waals surface area contributed by atoms with E-state index >= 15 is 0 Å². The second kappa shape index (κ2) is 6.76. The Morgan fingerprint density at radius 3 is 2.43 bits per heavy atom. The molecule has 0 radical (unpaired) electrons. The molecule has 1 amide bonds. The summed E-state index contributed by atoms with van der Waals surface area (Å²) in [6.45, 7) is 5.70. The molecule has 3 nitrogen and oxygen atoms in total. The molecule has 0 bridgehead atoms. The lowest BCUT2D eigenvalue weighted by Gasteiger charge is -2.16. The lowest BCUT2D eigenvalue weighted by Crippen LogP contribution is -2.30. The van der Waals surface area contributed by atoms with E-state index in [1.165, 1.54) is 0 Å². The first-order chi connectivity index (χ1) is 9.95. The average molecular weight is 348 g/mol. The van der Waals surface area contributed by atoms with Gasteiger partial charge in [-0.25, -0.2) is 0 Å². The van der Waals surface area contributed by atoms with Crippen molar-refractivity contribution in [1.29, 1.82) is 0 Å². The lowest BCUT2D eigenvalue weighted by atomic mass is 10.2. The van der Waals surface area contributed by atoms with Gasteiger partial charge in [-0.1, -0.05) is 33.6 Å². The van der Waals surface area contributed by atoms with Gasteiger partial charge in [-0.2, -0.15) is 0 Å². The minimum atomic E-state index is -0.559. The summed E-state index contributed by atoms with van der Waals surface area (Å²) in [4.78, 5) is 12.2. The van der Waals surface area contributed by atoms with Crippen LogP contribution in [-0.4, -0.2) is 12.0 Å². The number of rotatable bonds is 4. The van der Waals surface area contributed by atoms with E-state index in [1.54, 1.807) is 6.92 Å². The summed E-state index contributed by atoms with van der Waals surface area (Å²) >= 11 is 3.40. The molecule has 0 aliphatic carbocycles. The van der Waals surface area contributed by atoms with Crippen molar-refractivity contribution < 1.29 is 9.53 Å². The minimum Gasteiger partial charge on any atom is -0.481 e. The number of anilines is 1. The van der Waals surface area contributed by atoms with Gasteiger partial charge in [0.25, 0.3) is 5.91 Å². The molecule has 0 aliphatic rings. The molecule has 4 heteroatoms. The second-order valence-corrected chi connectivity index (χ2v) is 5.94. The fourth-order valence-corrected chi connectivity index (χ4v) is 2.35. The SMILES string of the molecule is Cc1ccc(OC(C)C(=O)Nc2ccc(Br)cc2C)cc1. The lowest BCUT2D eigenvalue weighted by molar-refractivity contribution is -0.122. The van der Waals surface area contributed by atoms with E-state index < -0.39 is 6.10 Å². The van der Waals surface area contributed by atoms with Crippen LogP contribution >= 0.6 is 15.9 Å². The van der Waals surface area contributed by atoms with E-state index in [1.807, 2.05) is 56.3 Å². The van der Waals surface area contributed by atoms with Gasteiger partial charge < -0.3 is 10.1 Å². The van der Waals surface area contributed by atoms with Crippen LogP contribution in [0.15, 0.2) is 46.9 Å². The molecule has 0 heterocycles. The Labute approximate surface area is 133 Å². The molecule has 2 aromatic carbocycles. The summed E-state index contributed by atoms with van der Waals surface area (Å²) < 4.78 is 6.63. The first kappa shape index (κ1) is 15.6. The molecule has 0 saturated heterocycles. The van der Waals surface area contributed by atoms with E-state index in [9.17, 15) is 4.79 Å². The van der Waals surface area contributed by atoms with Crippen molar-refractivity contribution in [3.8, 4) is 5.75 Å². The highest BCUT2D eigenvalue weighted by Crippen LogP contribution is 2.20. The van der Waals surface area contributed by atoms with Gasteiger partial charge in [-0.15, -0.1) is 0 Å². The molecule has 0 spiro atoms. The number of carbonyl (C=O) groups excluding carboxylic acids is 1. The van der Waals surface area contributed by atoms with Gasteiger partial charge >= 0.3 is 0 Å². The number of hydrogen-bond acceptors (Lipinski definition) is 2. The molecule has 0 fully saturated rings. The summed E-state index contributed by atoms with van der Waals surface area (Å²) in [6, 6.07) is 13.4. The van der Waals surface area contributed by atoms with Crippen molar-refractivity contribution in [3.05, 3.63) is 58.1 Å². The van der Waals surface area contributed by atoms with Crippen LogP contribution in [-0.2, 0) is 4.79 Å². The number of aryl methyl sites for hydroxylation is 2. The predicted molar refractivity (Wildman–Crippen MR) is 88.8 cm³/mol. The van der Waals surface area contributed by atoms with E-state index in [0.29, 0.717) is 5.75 Å². The van der Waals surface area contributed by atoms with Gasteiger partial charge in [0.15, 0.2) is 6.10 Å². The van der Waals surface area contributed by atoms with Crippen molar-refractivity contribution in [1.82, 2.24) is 0 Å². The summed E-state index contributed by atoms with van der Waals surface area (Å²) in [7, 11) is 0. The average Bonchev–Trinajstić information content (AvgIpc) is 2.44. The minimum absolute atomic E-state index is 0.166. The second-order valence-electron chi connectivity index (χ2n) is 5.02. The van der Waals surface area contributed by atoms with Gasteiger partial charge in [-0.3, -0.25) is 4.79 Å². The molecule has 0 aliphatic heterocycles. The molecule has 0 saturated carbocycles. The molecule has 1 atom stereocenters. The number of hydrogen-bond donors (Lipinski definition) is 1. The topological polar surface area (TPSA) is 38.3 Å². The fourth-order valence-electron chi connectivity index (χ4n) is 1.88. The van der Waals surface area contributed by atoms with Gasteiger partial charge in [0.05, 0.1) is 0 Å². The number of carbonyl (C=O) groups is 1. The number of benzene rings is 2. The summed E-state index contributed by atoms with van der Waals surface area (Å²) in [5, 5.41) is 2.88. The van der Waals surface area contributed by atoms with Gasteiger partial charge in [0.1, 0.15) is 5.75 Å². The van der Waals surface area contributed by atoms with Crippen molar-refractivity contribution >= 4 is 27.5 Å². The summed E-state index contributed by atoms with van der Waals surface area (Å²) in [5.41, 5.74) is 2.95. The number of nitrogens with one attached hydrogen (secondary N) is 1. The van der Waals surface area contributed by atoms with Crippen LogP contribution < -0.4 is 10.1 Å². The molecule has 0 aromatic heterocycles. The Bertz CT molecular complexity index is 638. The maximum atomic E-state index is 12.2. The van der Waals surface area contributed by atoms with Crippen LogP contribution in [0.25, 0.3) is 0 Å². The Morgan fingerprint density at radius 1 is 1.14 bits per heavy atom. The molecule has 21 heavy (non-hydrogen) atoms. The first-order valence-corrected chi connectivity index (χ1v) is 7.55. The maximum absolute atomic E-state index is 12.2. The van der Waals surface area contributed by atoms with E-state index in [2.05, 4.69) is 21.2 Å². The first-order valence-electron chi connectivity index (χ1n) is 6.76. The van der Waals surface area contributed by atoms with E-state index in [0.717, 1.165) is 21.3 Å². The van der Waals surface area contributed by atoms with Crippen molar-refractivity contribution in [3.63, 3.8) is 0 Å². The zero-order valence-electron chi connectivity index (χ0n) is 12.3. The Balaban J connectivity index is 2.00. The van der Waals surface area contributed by atoms with E-state index in [-0.39, 0.29) is 5.91 Å². The molecular formula is C17H18BrNO2. The highest BCUT2D eigenvalue weighted by atomic mass is 79.9. The molecule has 2 aromatic rings. The van der Waals surface area contributed by atoms with Crippen molar-refractivity contribution in [2.75, 3.05) is 5.32 Å². The van der Waals surface area contributed by atoms with Crippen LogP contribution in [0.3, 0.4) is 0 Å². The van der Waals surface area contributed by atoms with Gasteiger partial charge in [-0.05, 0) is 56.7 Å². The van der Waals surface area contributed by atoms with Crippen molar-refractivity contribution in [2.45, 2.75) is 26.9 Å². The Hall–Kier alpha value is -1.81. The summed E-state index contributed by atoms with van der Waals surface area (Å²) in [5.74, 6) is 0.525. The largest absolute Gasteiger partial charge is 0.481 e. The third-order valence-electron chi connectivity index (χ3n) is 3.15. The third-order valence-corrected chi connectivity index (χ3v) is 3.64. The smallest absolute Gasteiger partial charge is 0.265 e. The Kier molecular flexibility index (Phi) is 5.02. The zero-order chi connectivity index (χ0) is 15.4. The number of halogens is 1. The highest BCUT2D eigenvalue weighted by Gasteiger charge is 2.15. The monoisotopic (exact) mass is 347 g/mol. The summed E-state index contributed by atoms with van der Waals surface area (Å²) in [6.07, 6.45) is -0.559. The van der Waals surface area contributed by atoms with Crippen LogP contribution in [0, 0.1) is 13.8 Å². The molecular weight excluding hydrogens is 330 g/mol. The number of ether oxygens (including phenoxy) is 1. The van der Waals surface area contributed by atoms with E-state index in [4.69, 9.17) is 4.74 Å². The zero-order valence-corrected chi connectivity index (χ0v) is 13.9.